The number of piperidine rings is 1. The zero-order valence-electron chi connectivity index (χ0n) is 13.9. The van der Waals surface area contributed by atoms with Crippen LogP contribution in [0.4, 0.5) is 0 Å². The lowest BCUT2D eigenvalue weighted by Gasteiger charge is -2.33. The average Bonchev–Trinajstić information content (AvgIpc) is 3.14. The predicted molar refractivity (Wildman–Crippen MR) is 84.3 cm³/mol. The SMILES string of the molecule is CC(C)C[C@H](c1nc(-c2cnn(C)c2)no1)N1CCCCC1=O. The molecule has 0 aliphatic carbocycles. The third kappa shape index (κ3) is 3.43. The minimum absolute atomic E-state index is 0.138. The van der Waals surface area contributed by atoms with Gasteiger partial charge in [0.25, 0.3) is 0 Å². The van der Waals surface area contributed by atoms with Crippen LogP contribution in [-0.2, 0) is 11.8 Å². The van der Waals surface area contributed by atoms with Gasteiger partial charge in [-0.15, -0.1) is 0 Å². The van der Waals surface area contributed by atoms with Crippen LogP contribution >= 0.6 is 0 Å². The third-order valence-corrected chi connectivity index (χ3v) is 4.12. The van der Waals surface area contributed by atoms with Gasteiger partial charge in [-0.05, 0) is 25.2 Å². The maximum absolute atomic E-state index is 12.3. The van der Waals surface area contributed by atoms with Crippen LogP contribution in [0.2, 0.25) is 0 Å². The van der Waals surface area contributed by atoms with E-state index in [4.69, 9.17) is 4.52 Å². The van der Waals surface area contributed by atoms with Crippen molar-refractivity contribution in [1.29, 1.82) is 0 Å². The molecule has 23 heavy (non-hydrogen) atoms. The number of likely N-dealkylation sites (tertiary alicyclic amines) is 1. The molecule has 0 bridgehead atoms. The van der Waals surface area contributed by atoms with Gasteiger partial charge in [-0.1, -0.05) is 19.0 Å². The molecule has 0 unspecified atom stereocenters. The zero-order chi connectivity index (χ0) is 16.4. The Morgan fingerprint density at radius 2 is 2.17 bits per heavy atom. The first kappa shape index (κ1) is 15.7. The highest BCUT2D eigenvalue weighted by Gasteiger charge is 2.32. The number of aryl methyl sites for hydroxylation is 1. The summed E-state index contributed by atoms with van der Waals surface area (Å²) >= 11 is 0. The smallest absolute Gasteiger partial charge is 0.249 e. The highest BCUT2D eigenvalue weighted by atomic mass is 16.5. The van der Waals surface area contributed by atoms with E-state index >= 15 is 0 Å². The molecule has 0 aromatic carbocycles. The summed E-state index contributed by atoms with van der Waals surface area (Å²) in [6, 6.07) is -0.138. The molecule has 0 saturated carbocycles. The lowest BCUT2D eigenvalue weighted by Crippen LogP contribution is -2.39. The highest BCUT2D eigenvalue weighted by molar-refractivity contribution is 5.77. The third-order valence-electron chi connectivity index (χ3n) is 4.12. The van der Waals surface area contributed by atoms with Crippen molar-refractivity contribution >= 4 is 5.91 Å². The van der Waals surface area contributed by atoms with E-state index in [1.54, 1.807) is 10.9 Å². The van der Waals surface area contributed by atoms with Gasteiger partial charge in [0.2, 0.25) is 17.6 Å². The Kier molecular flexibility index (Phi) is 4.45. The molecule has 124 valence electrons. The number of aromatic nitrogens is 4. The van der Waals surface area contributed by atoms with Gasteiger partial charge in [0.05, 0.1) is 11.8 Å². The highest BCUT2D eigenvalue weighted by Crippen LogP contribution is 2.31. The molecule has 7 nitrogen and oxygen atoms in total. The van der Waals surface area contributed by atoms with Crippen LogP contribution in [0, 0.1) is 5.92 Å². The number of carbonyl (C=O) groups excluding carboxylic acids is 1. The Morgan fingerprint density at radius 1 is 1.35 bits per heavy atom. The van der Waals surface area contributed by atoms with Gasteiger partial charge in [0.15, 0.2) is 0 Å². The number of amides is 1. The number of rotatable bonds is 5. The first-order valence-electron chi connectivity index (χ1n) is 8.16. The van der Waals surface area contributed by atoms with E-state index in [9.17, 15) is 4.79 Å². The maximum Gasteiger partial charge on any atom is 0.249 e. The van der Waals surface area contributed by atoms with E-state index < -0.39 is 0 Å². The molecular weight excluding hydrogens is 294 g/mol. The van der Waals surface area contributed by atoms with Crippen LogP contribution in [-0.4, -0.2) is 37.3 Å². The second kappa shape index (κ2) is 6.52. The Balaban J connectivity index is 1.87. The lowest BCUT2D eigenvalue weighted by molar-refractivity contribution is -0.137. The van der Waals surface area contributed by atoms with Crippen molar-refractivity contribution in [3.8, 4) is 11.4 Å². The topological polar surface area (TPSA) is 77.1 Å². The second-order valence-corrected chi connectivity index (χ2v) is 6.55. The summed E-state index contributed by atoms with van der Waals surface area (Å²) in [7, 11) is 1.85. The molecule has 1 fully saturated rings. The number of nitrogens with zero attached hydrogens (tertiary/aromatic N) is 5. The van der Waals surface area contributed by atoms with Crippen molar-refractivity contribution in [2.24, 2.45) is 13.0 Å². The molecule has 0 N–H and O–H groups in total. The molecule has 1 saturated heterocycles. The molecule has 7 heteroatoms. The van der Waals surface area contributed by atoms with Crippen molar-refractivity contribution in [1.82, 2.24) is 24.8 Å². The van der Waals surface area contributed by atoms with Crippen LogP contribution in [0.5, 0.6) is 0 Å². The summed E-state index contributed by atoms with van der Waals surface area (Å²) < 4.78 is 7.20. The van der Waals surface area contributed by atoms with E-state index in [0.717, 1.165) is 31.4 Å². The number of carbonyl (C=O) groups is 1. The maximum atomic E-state index is 12.3. The second-order valence-electron chi connectivity index (χ2n) is 6.55. The fourth-order valence-electron chi connectivity index (χ4n) is 2.99. The Morgan fingerprint density at radius 3 is 2.83 bits per heavy atom. The van der Waals surface area contributed by atoms with Gasteiger partial charge in [-0.25, -0.2) is 0 Å². The lowest BCUT2D eigenvalue weighted by atomic mass is 9.99. The van der Waals surface area contributed by atoms with Gasteiger partial charge in [-0.2, -0.15) is 10.1 Å². The monoisotopic (exact) mass is 317 g/mol. The van der Waals surface area contributed by atoms with Crippen LogP contribution in [0.15, 0.2) is 16.9 Å². The minimum atomic E-state index is -0.138. The summed E-state index contributed by atoms with van der Waals surface area (Å²) in [5, 5.41) is 8.20. The minimum Gasteiger partial charge on any atom is -0.337 e. The van der Waals surface area contributed by atoms with Crippen LogP contribution in [0.3, 0.4) is 0 Å². The number of hydrogen-bond donors (Lipinski definition) is 0. The van der Waals surface area contributed by atoms with Crippen molar-refractivity contribution in [2.75, 3.05) is 6.54 Å². The van der Waals surface area contributed by atoms with Crippen molar-refractivity contribution in [3.05, 3.63) is 18.3 Å². The number of hydrogen-bond acceptors (Lipinski definition) is 5. The molecule has 1 aliphatic heterocycles. The van der Waals surface area contributed by atoms with E-state index in [2.05, 4.69) is 29.1 Å². The van der Waals surface area contributed by atoms with Gasteiger partial charge in [0, 0.05) is 26.2 Å². The average molecular weight is 317 g/mol. The quantitative estimate of drug-likeness (QED) is 0.847. The Bertz CT molecular complexity index is 676. The van der Waals surface area contributed by atoms with Crippen molar-refractivity contribution < 1.29 is 9.32 Å². The molecule has 1 amide bonds. The molecule has 3 heterocycles. The Hall–Kier alpha value is -2.18. The standard InChI is InChI=1S/C16H23N5O2/c1-11(2)8-13(21-7-5-4-6-14(21)22)16-18-15(19-23-16)12-9-17-20(3)10-12/h9-11,13H,4-8H2,1-3H3/t13-/m1/s1. The van der Waals surface area contributed by atoms with Gasteiger partial charge >= 0.3 is 0 Å². The first-order valence-corrected chi connectivity index (χ1v) is 8.16. The molecular formula is C16H23N5O2. The van der Waals surface area contributed by atoms with Crippen molar-refractivity contribution in [2.45, 2.75) is 45.6 Å². The van der Waals surface area contributed by atoms with Crippen LogP contribution in [0.1, 0.15) is 51.5 Å². The van der Waals surface area contributed by atoms with Gasteiger partial charge in [-0.3, -0.25) is 9.48 Å². The summed E-state index contributed by atoms with van der Waals surface area (Å²) in [6.45, 7) is 5.04. The molecule has 3 rings (SSSR count). The van der Waals surface area contributed by atoms with Crippen LogP contribution < -0.4 is 0 Å². The van der Waals surface area contributed by atoms with Crippen molar-refractivity contribution in [3.63, 3.8) is 0 Å². The van der Waals surface area contributed by atoms with Gasteiger partial charge < -0.3 is 9.42 Å². The summed E-state index contributed by atoms with van der Waals surface area (Å²) in [5.74, 6) is 1.66. The fourth-order valence-corrected chi connectivity index (χ4v) is 2.99. The molecule has 0 spiro atoms. The largest absolute Gasteiger partial charge is 0.337 e. The molecule has 2 aromatic heterocycles. The fraction of sp³-hybridized carbons (Fsp3) is 0.625. The Labute approximate surface area is 135 Å². The van der Waals surface area contributed by atoms with E-state index in [1.807, 2.05) is 18.1 Å². The molecule has 1 atom stereocenters. The first-order chi connectivity index (χ1) is 11.0. The summed E-state index contributed by atoms with van der Waals surface area (Å²) in [4.78, 5) is 18.7. The van der Waals surface area contributed by atoms with Gasteiger partial charge in [0.1, 0.15) is 6.04 Å². The van der Waals surface area contributed by atoms with E-state index in [-0.39, 0.29) is 11.9 Å². The van der Waals surface area contributed by atoms with Crippen LogP contribution in [0.25, 0.3) is 11.4 Å². The zero-order valence-corrected chi connectivity index (χ0v) is 13.9. The molecule has 0 radical (unpaired) electrons. The molecule has 2 aromatic rings. The summed E-state index contributed by atoms with van der Waals surface area (Å²) in [5.41, 5.74) is 0.816. The molecule has 1 aliphatic rings. The predicted octanol–water partition coefficient (Wildman–Crippen LogP) is 2.57. The summed E-state index contributed by atoms with van der Waals surface area (Å²) in [6.07, 6.45) is 6.98. The van der Waals surface area contributed by atoms with E-state index in [1.165, 1.54) is 0 Å². The normalized spacial score (nSPS) is 17.0. The van der Waals surface area contributed by atoms with E-state index in [0.29, 0.717) is 24.1 Å².